The Labute approximate surface area is 108 Å². The van der Waals surface area contributed by atoms with E-state index in [1.165, 1.54) is 0 Å². The maximum Gasteiger partial charge on any atom is 0.138 e. The van der Waals surface area contributed by atoms with Crippen molar-refractivity contribution in [2.24, 2.45) is 7.05 Å². The molecule has 1 N–H and O–H groups in total. The highest BCUT2D eigenvalue weighted by molar-refractivity contribution is 9.10. The topological polar surface area (TPSA) is 55.9 Å². The molecule has 5 nitrogen and oxygen atoms in total. The molecule has 92 valence electrons. The molecule has 0 saturated carbocycles. The third-order valence-electron chi connectivity index (χ3n) is 2.66. The lowest BCUT2D eigenvalue weighted by molar-refractivity contribution is 0.198. The van der Waals surface area contributed by atoms with E-state index in [2.05, 4.69) is 32.9 Å². The van der Waals surface area contributed by atoms with Crippen LogP contribution in [-0.2, 0) is 13.6 Å². The number of nitrogens with zero attached hydrogens (tertiary/aromatic N) is 4. The van der Waals surface area contributed by atoms with Crippen molar-refractivity contribution in [1.29, 1.82) is 0 Å². The molecule has 2 rings (SSSR count). The summed E-state index contributed by atoms with van der Waals surface area (Å²) in [6, 6.07) is 0. The van der Waals surface area contributed by atoms with Gasteiger partial charge in [-0.15, -0.1) is 0 Å². The first kappa shape index (κ1) is 12.3. The van der Waals surface area contributed by atoms with E-state index in [0.717, 1.165) is 28.8 Å². The Morgan fingerprint density at radius 3 is 2.82 bits per heavy atom. The van der Waals surface area contributed by atoms with Gasteiger partial charge in [0.15, 0.2) is 0 Å². The van der Waals surface area contributed by atoms with Crippen molar-refractivity contribution >= 4 is 15.9 Å². The monoisotopic (exact) mass is 298 g/mol. The van der Waals surface area contributed by atoms with E-state index in [1.54, 1.807) is 23.3 Å². The fourth-order valence-electron chi connectivity index (χ4n) is 1.80. The van der Waals surface area contributed by atoms with Gasteiger partial charge < -0.3 is 9.67 Å². The number of aliphatic hydroxyl groups is 1. The highest BCUT2D eigenvalue weighted by Crippen LogP contribution is 2.28. The quantitative estimate of drug-likeness (QED) is 0.937. The molecule has 0 aliphatic rings. The Kier molecular flexibility index (Phi) is 3.63. The van der Waals surface area contributed by atoms with Crippen molar-refractivity contribution < 1.29 is 5.11 Å². The van der Waals surface area contributed by atoms with Gasteiger partial charge in [0.25, 0.3) is 0 Å². The van der Waals surface area contributed by atoms with E-state index < -0.39 is 6.10 Å². The minimum absolute atomic E-state index is 0.717. The van der Waals surface area contributed by atoms with Gasteiger partial charge in [-0.05, 0) is 22.4 Å². The minimum atomic E-state index is -0.717. The molecule has 0 aliphatic carbocycles. The lowest BCUT2D eigenvalue weighted by Gasteiger charge is -2.14. The summed E-state index contributed by atoms with van der Waals surface area (Å²) in [7, 11) is 1.86. The van der Waals surface area contributed by atoms with Gasteiger partial charge in [-0.3, -0.25) is 4.68 Å². The highest BCUT2D eigenvalue weighted by Gasteiger charge is 2.21. The molecule has 1 unspecified atom stereocenters. The van der Waals surface area contributed by atoms with Gasteiger partial charge >= 0.3 is 0 Å². The van der Waals surface area contributed by atoms with Gasteiger partial charge in [0.1, 0.15) is 6.10 Å². The molecule has 0 saturated heterocycles. The van der Waals surface area contributed by atoms with Gasteiger partial charge in [0, 0.05) is 13.6 Å². The van der Waals surface area contributed by atoms with Crippen LogP contribution < -0.4 is 0 Å². The number of aromatic nitrogens is 4. The molecule has 0 radical (unpaired) electrons. The summed E-state index contributed by atoms with van der Waals surface area (Å²) < 4.78 is 4.45. The molecule has 2 heterocycles. The van der Waals surface area contributed by atoms with E-state index in [0.29, 0.717) is 0 Å². The number of aryl methyl sites for hydroxylation is 2. The Bertz CT molecular complexity index is 505. The van der Waals surface area contributed by atoms with Crippen molar-refractivity contribution in [3.8, 4) is 0 Å². The maximum atomic E-state index is 10.4. The third-order valence-corrected chi connectivity index (χ3v) is 3.27. The van der Waals surface area contributed by atoms with Gasteiger partial charge in [-0.1, -0.05) is 6.92 Å². The van der Waals surface area contributed by atoms with Gasteiger partial charge in [0.05, 0.1) is 34.6 Å². The first-order valence-electron chi connectivity index (χ1n) is 5.50. The number of hydrogen-bond donors (Lipinski definition) is 1. The summed E-state index contributed by atoms with van der Waals surface area (Å²) in [5, 5.41) is 14.6. The molecule has 0 bridgehead atoms. The van der Waals surface area contributed by atoms with Crippen LogP contribution in [0.25, 0.3) is 0 Å². The first-order chi connectivity index (χ1) is 8.15. The third kappa shape index (κ3) is 2.28. The summed E-state index contributed by atoms with van der Waals surface area (Å²) in [5.74, 6) is 0. The Hall–Kier alpha value is -1.14. The lowest BCUT2D eigenvalue weighted by atomic mass is 10.2. The average Bonchev–Trinajstić information content (AvgIpc) is 2.86. The van der Waals surface area contributed by atoms with Crippen LogP contribution in [0.1, 0.15) is 30.8 Å². The van der Waals surface area contributed by atoms with Crippen LogP contribution in [0.15, 0.2) is 23.2 Å². The number of halogens is 1. The predicted molar refractivity (Wildman–Crippen MR) is 67.5 cm³/mol. The molecule has 0 spiro atoms. The van der Waals surface area contributed by atoms with Crippen LogP contribution in [0.4, 0.5) is 0 Å². The van der Waals surface area contributed by atoms with Crippen LogP contribution in [0.5, 0.6) is 0 Å². The lowest BCUT2D eigenvalue weighted by Crippen LogP contribution is -2.13. The second-order valence-corrected chi connectivity index (χ2v) is 4.79. The van der Waals surface area contributed by atoms with Crippen molar-refractivity contribution in [3.05, 3.63) is 34.6 Å². The molecule has 0 fully saturated rings. The summed E-state index contributed by atoms with van der Waals surface area (Å²) in [4.78, 5) is 4.02. The normalized spacial score (nSPS) is 12.9. The van der Waals surface area contributed by atoms with Crippen molar-refractivity contribution in [3.63, 3.8) is 0 Å². The smallest absolute Gasteiger partial charge is 0.138 e. The fraction of sp³-hybridized carbons (Fsp3) is 0.455. The number of rotatable bonds is 4. The van der Waals surface area contributed by atoms with Crippen LogP contribution in [-0.4, -0.2) is 24.4 Å². The molecular weight excluding hydrogens is 284 g/mol. The first-order valence-corrected chi connectivity index (χ1v) is 6.30. The SMILES string of the molecule is CCCn1ncc(Br)c1C(O)c1cncn1C. The average molecular weight is 299 g/mol. The predicted octanol–water partition coefficient (Wildman–Crippen LogP) is 1.87. The van der Waals surface area contributed by atoms with Crippen LogP contribution >= 0.6 is 15.9 Å². The largest absolute Gasteiger partial charge is 0.380 e. The van der Waals surface area contributed by atoms with E-state index in [-0.39, 0.29) is 0 Å². The van der Waals surface area contributed by atoms with Gasteiger partial charge in [0.2, 0.25) is 0 Å². The van der Waals surface area contributed by atoms with Gasteiger partial charge in [-0.25, -0.2) is 4.98 Å². The van der Waals surface area contributed by atoms with E-state index >= 15 is 0 Å². The fourth-order valence-corrected chi connectivity index (χ4v) is 2.32. The molecule has 17 heavy (non-hydrogen) atoms. The van der Waals surface area contributed by atoms with Gasteiger partial charge in [-0.2, -0.15) is 5.10 Å². The zero-order valence-electron chi connectivity index (χ0n) is 9.84. The second kappa shape index (κ2) is 5.01. The molecule has 0 aliphatic heterocycles. The van der Waals surface area contributed by atoms with E-state index in [1.807, 2.05) is 11.7 Å². The molecule has 1 atom stereocenters. The van der Waals surface area contributed by atoms with Crippen molar-refractivity contribution in [2.45, 2.75) is 26.0 Å². The summed E-state index contributed by atoms with van der Waals surface area (Å²) in [6.45, 7) is 2.87. The Morgan fingerprint density at radius 1 is 1.47 bits per heavy atom. The molecule has 6 heteroatoms. The highest BCUT2D eigenvalue weighted by atomic mass is 79.9. The van der Waals surface area contributed by atoms with Crippen LogP contribution in [0, 0.1) is 0 Å². The summed E-state index contributed by atoms with van der Waals surface area (Å²) >= 11 is 3.42. The van der Waals surface area contributed by atoms with Crippen LogP contribution in [0.3, 0.4) is 0 Å². The summed E-state index contributed by atoms with van der Waals surface area (Å²) in [6.07, 6.45) is 5.31. The standard InChI is InChI=1S/C11H15BrN4O/c1-3-4-16-10(8(12)5-14-16)11(17)9-6-13-7-15(9)2/h5-7,11,17H,3-4H2,1-2H3. The van der Waals surface area contributed by atoms with Crippen molar-refractivity contribution in [1.82, 2.24) is 19.3 Å². The maximum absolute atomic E-state index is 10.4. The zero-order chi connectivity index (χ0) is 12.4. The summed E-state index contributed by atoms with van der Waals surface area (Å²) in [5.41, 5.74) is 1.53. The molecule has 2 aromatic heterocycles. The molecule has 0 aromatic carbocycles. The number of imidazole rings is 1. The van der Waals surface area contributed by atoms with Crippen LogP contribution in [0.2, 0.25) is 0 Å². The second-order valence-electron chi connectivity index (χ2n) is 3.93. The minimum Gasteiger partial charge on any atom is -0.380 e. The zero-order valence-corrected chi connectivity index (χ0v) is 11.4. The molecule has 0 amide bonds. The van der Waals surface area contributed by atoms with Crippen molar-refractivity contribution in [2.75, 3.05) is 0 Å². The van der Waals surface area contributed by atoms with E-state index in [9.17, 15) is 5.11 Å². The molecule has 2 aromatic rings. The Morgan fingerprint density at radius 2 is 2.24 bits per heavy atom. The Balaban J connectivity index is 2.39. The number of hydrogen-bond acceptors (Lipinski definition) is 3. The molecular formula is C11H15BrN4O. The number of aliphatic hydroxyl groups excluding tert-OH is 1. The van der Waals surface area contributed by atoms with E-state index in [4.69, 9.17) is 0 Å².